The van der Waals surface area contributed by atoms with Crippen LogP contribution in [0.15, 0.2) is 0 Å². The number of nitrogens with zero attached hydrogens (tertiary/aromatic N) is 1. The molecule has 1 amide bonds. The van der Waals surface area contributed by atoms with Crippen LogP contribution in [0.25, 0.3) is 0 Å². The summed E-state index contributed by atoms with van der Waals surface area (Å²) in [4.78, 5) is 14.2. The van der Waals surface area contributed by atoms with E-state index in [0.29, 0.717) is 13.0 Å². The van der Waals surface area contributed by atoms with Crippen LogP contribution < -0.4 is 10.6 Å². The maximum absolute atomic E-state index is 11.8. The van der Waals surface area contributed by atoms with Gasteiger partial charge in [0.05, 0.1) is 13.2 Å². The summed E-state index contributed by atoms with van der Waals surface area (Å²) in [6, 6.07) is 0.909. The minimum Gasteiger partial charge on any atom is -0.378 e. The average molecular weight is 269 g/mol. The molecule has 2 fully saturated rings. The number of hydrogen-bond acceptors (Lipinski definition) is 4. The first-order valence-electron chi connectivity index (χ1n) is 7.54. The highest BCUT2D eigenvalue weighted by Gasteiger charge is 2.20. The Kier molecular flexibility index (Phi) is 6.07. The normalized spacial score (nSPS) is 24.8. The van der Waals surface area contributed by atoms with Gasteiger partial charge in [0, 0.05) is 38.1 Å². The number of nitrogens with one attached hydrogen (secondary N) is 2. The number of hydrogen-bond donors (Lipinski definition) is 2. The molecule has 0 spiro atoms. The van der Waals surface area contributed by atoms with Crippen molar-refractivity contribution in [2.45, 2.75) is 44.2 Å². The SMILES string of the molecule is CN(CCNC(=O)CC1COCCN1)C1CCCC1. The second kappa shape index (κ2) is 7.82. The predicted molar refractivity (Wildman–Crippen MR) is 75.1 cm³/mol. The van der Waals surface area contributed by atoms with E-state index in [2.05, 4.69) is 22.6 Å². The number of amides is 1. The quantitative estimate of drug-likeness (QED) is 0.731. The van der Waals surface area contributed by atoms with Gasteiger partial charge < -0.3 is 20.3 Å². The topological polar surface area (TPSA) is 53.6 Å². The number of rotatable bonds is 6. The molecule has 2 rings (SSSR count). The molecular formula is C14H27N3O2. The van der Waals surface area contributed by atoms with E-state index >= 15 is 0 Å². The zero-order valence-corrected chi connectivity index (χ0v) is 12.0. The largest absolute Gasteiger partial charge is 0.378 e. The lowest BCUT2D eigenvalue weighted by atomic mass is 10.2. The van der Waals surface area contributed by atoms with E-state index in [1.807, 2.05) is 0 Å². The van der Waals surface area contributed by atoms with Gasteiger partial charge in [0.15, 0.2) is 0 Å². The third-order valence-corrected chi connectivity index (χ3v) is 4.16. The summed E-state index contributed by atoms with van der Waals surface area (Å²) < 4.78 is 5.34. The summed E-state index contributed by atoms with van der Waals surface area (Å²) in [5, 5.41) is 6.31. The summed E-state index contributed by atoms with van der Waals surface area (Å²) in [5.41, 5.74) is 0. The summed E-state index contributed by atoms with van der Waals surface area (Å²) in [6.07, 6.45) is 5.86. The molecule has 1 heterocycles. The maximum atomic E-state index is 11.8. The number of carbonyl (C=O) groups excluding carboxylic acids is 1. The molecule has 1 unspecified atom stereocenters. The average Bonchev–Trinajstić information content (AvgIpc) is 2.93. The smallest absolute Gasteiger partial charge is 0.221 e. The summed E-state index contributed by atoms with van der Waals surface area (Å²) >= 11 is 0. The van der Waals surface area contributed by atoms with Crippen molar-refractivity contribution in [2.24, 2.45) is 0 Å². The Bertz CT molecular complexity index is 274. The summed E-state index contributed by atoms with van der Waals surface area (Å²) in [5.74, 6) is 0.128. The van der Waals surface area contributed by atoms with Crippen molar-refractivity contribution in [1.29, 1.82) is 0 Å². The molecule has 1 saturated carbocycles. The molecule has 0 aromatic rings. The molecule has 0 bridgehead atoms. The molecule has 1 atom stereocenters. The Labute approximate surface area is 116 Å². The fraction of sp³-hybridized carbons (Fsp3) is 0.929. The van der Waals surface area contributed by atoms with Crippen LogP contribution in [-0.4, -0.2) is 62.8 Å². The van der Waals surface area contributed by atoms with Crippen molar-refractivity contribution in [1.82, 2.24) is 15.5 Å². The number of morpholine rings is 1. The molecule has 0 aromatic heterocycles. The first-order chi connectivity index (χ1) is 9.25. The molecule has 110 valence electrons. The molecule has 19 heavy (non-hydrogen) atoms. The summed E-state index contributed by atoms with van der Waals surface area (Å²) in [7, 11) is 2.17. The Morgan fingerprint density at radius 2 is 2.21 bits per heavy atom. The fourth-order valence-electron chi connectivity index (χ4n) is 2.95. The third kappa shape index (κ3) is 5.09. The molecular weight excluding hydrogens is 242 g/mol. The standard InChI is InChI=1S/C14H27N3O2/c1-17(13-4-2-3-5-13)8-6-16-14(18)10-12-11-19-9-7-15-12/h12-13,15H,2-11H2,1H3,(H,16,18). The van der Waals surface area contributed by atoms with Crippen LogP contribution in [0.5, 0.6) is 0 Å². The molecule has 1 aliphatic heterocycles. The molecule has 2 aliphatic rings. The van der Waals surface area contributed by atoms with Gasteiger partial charge in [-0.25, -0.2) is 0 Å². The van der Waals surface area contributed by atoms with E-state index in [1.54, 1.807) is 0 Å². The Balaban J connectivity index is 1.55. The molecule has 0 aromatic carbocycles. The van der Waals surface area contributed by atoms with Gasteiger partial charge in [-0.3, -0.25) is 4.79 Å². The van der Waals surface area contributed by atoms with Crippen LogP contribution in [-0.2, 0) is 9.53 Å². The molecule has 1 aliphatic carbocycles. The van der Waals surface area contributed by atoms with E-state index in [0.717, 1.165) is 32.3 Å². The van der Waals surface area contributed by atoms with Gasteiger partial charge in [0.2, 0.25) is 5.91 Å². The van der Waals surface area contributed by atoms with E-state index in [9.17, 15) is 4.79 Å². The second-order valence-electron chi connectivity index (χ2n) is 5.70. The minimum atomic E-state index is 0.128. The molecule has 0 radical (unpaired) electrons. The highest BCUT2D eigenvalue weighted by Crippen LogP contribution is 2.21. The number of carbonyl (C=O) groups is 1. The van der Waals surface area contributed by atoms with Crippen LogP contribution in [0.1, 0.15) is 32.1 Å². The Hall–Kier alpha value is -0.650. The third-order valence-electron chi connectivity index (χ3n) is 4.16. The predicted octanol–water partition coefficient (Wildman–Crippen LogP) is 0.356. The van der Waals surface area contributed by atoms with E-state index < -0.39 is 0 Å². The van der Waals surface area contributed by atoms with Crippen molar-refractivity contribution in [3.05, 3.63) is 0 Å². The van der Waals surface area contributed by atoms with Crippen LogP contribution in [0, 0.1) is 0 Å². The van der Waals surface area contributed by atoms with Crippen molar-refractivity contribution >= 4 is 5.91 Å². The molecule has 1 saturated heterocycles. The van der Waals surface area contributed by atoms with Gasteiger partial charge in [-0.05, 0) is 19.9 Å². The van der Waals surface area contributed by atoms with Crippen molar-refractivity contribution in [3.8, 4) is 0 Å². The van der Waals surface area contributed by atoms with Gasteiger partial charge in [0.1, 0.15) is 0 Å². The maximum Gasteiger partial charge on any atom is 0.221 e. The van der Waals surface area contributed by atoms with Gasteiger partial charge in [-0.15, -0.1) is 0 Å². The molecule has 5 nitrogen and oxygen atoms in total. The molecule has 2 N–H and O–H groups in total. The lowest BCUT2D eigenvalue weighted by molar-refractivity contribution is -0.122. The second-order valence-corrected chi connectivity index (χ2v) is 5.70. The van der Waals surface area contributed by atoms with Gasteiger partial charge in [-0.1, -0.05) is 12.8 Å². The number of ether oxygens (including phenoxy) is 1. The van der Waals surface area contributed by atoms with Crippen LogP contribution in [0.2, 0.25) is 0 Å². The first-order valence-corrected chi connectivity index (χ1v) is 7.54. The Morgan fingerprint density at radius 3 is 2.89 bits per heavy atom. The lowest BCUT2D eigenvalue weighted by Crippen LogP contribution is -2.45. The zero-order valence-electron chi connectivity index (χ0n) is 12.0. The first kappa shape index (κ1) is 14.8. The van der Waals surface area contributed by atoms with Crippen molar-refractivity contribution in [2.75, 3.05) is 39.9 Å². The monoisotopic (exact) mass is 269 g/mol. The van der Waals surface area contributed by atoms with Crippen molar-refractivity contribution < 1.29 is 9.53 Å². The minimum absolute atomic E-state index is 0.128. The van der Waals surface area contributed by atoms with Gasteiger partial charge in [-0.2, -0.15) is 0 Å². The fourth-order valence-corrected chi connectivity index (χ4v) is 2.95. The lowest BCUT2D eigenvalue weighted by Gasteiger charge is -2.25. The number of likely N-dealkylation sites (N-methyl/N-ethyl adjacent to an activating group) is 1. The van der Waals surface area contributed by atoms with Crippen LogP contribution in [0.4, 0.5) is 0 Å². The van der Waals surface area contributed by atoms with E-state index in [1.165, 1.54) is 25.7 Å². The van der Waals surface area contributed by atoms with Crippen LogP contribution >= 0.6 is 0 Å². The zero-order chi connectivity index (χ0) is 13.5. The van der Waals surface area contributed by atoms with E-state index in [4.69, 9.17) is 4.74 Å². The Morgan fingerprint density at radius 1 is 1.42 bits per heavy atom. The highest BCUT2D eigenvalue weighted by atomic mass is 16.5. The van der Waals surface area contributed by atoms with Gasteiger partial charge >= 0.3 is 0 Å². The molecule has 5 heteroatoms. The van der Waals surface area contributed by atoms with Crippen molar-refractivity contribution in [3.63, 3.8) is 0 Å². The van der Waals surface area contributed by atoms with Crippen LogP contribution in [0.3, 0.4) is 0 Å². The van der Waals surface area contributed by atoms with Gasteiger partial charge in [0.25, 0.3) is 0 Å². The highest BCUT2D eigenvalue weighted by molar-refractivity contribution is 5.76. The van der Waals surface area contributed by atoms with E-state index in [-0.39, 0.29) is 11.9 Å². The summed E-state index contributed by atoms with van der Waals surface area (Å²) in [6.45, 7) is 3.95.